The molecule has 2 saturated heterocycles. The van der Waals surface area contributed by atoms with Gasteiger partial charge in [0.05, 0.1) is 5.41 Å². The number of likely N-dealkylation sites (tertiary alicyclic amines) is 2. The Morgan fingerprint density at radius 1 is 1.20 bits per heavy atom. The molecule has 3 rings (SSSR count). The minimum atomic E-state index is -0.213. The van der Waals surface area contributed by atoms with Crippen molar-refractivity contribution in [2.45, 2.75) is 19.3 Å². The maximum absolute atomic E-state index is 12.3. The van der Waals surface area contributed by atoms with Gasteiger partial charge in [-0.3, -0.25) is 14.6 Å². The van der Waals surface area contributed by atoms with Crippen molar-refractivity contribution in [3.8, 4) is 0 Å². The number of piperidine rings is 1. The minimum Gasteiger partial charge on any atom is -0.345 e. The zero-order valence-corrected chi connectivity index (χ0v) is 11.7. The molecule has 5 heteroatoms. The summed E-state index contributed by atoms with van der Waals surface area (Å²) in [7, 11) is 1.86. The van der Waals surface area contributed by atoms with E-state index in [2.05, 4.69) is 4.98 Å². The Morgan fingerprint density at radius 2 is 1.90 bits per heavy atom. The maximum atomic E-state index is 12.3. The highest BCUT2D eigenvalue weighted by molar-refractivity contribution is 5.92. The molecular weight excluding hydrogens is 254 g/mol. The highest BCUT2D eigenvalue weighted by atomic mass is 16.2. The molecule has 0 bridgehead atoms. The normalized spacial score (nSPS) is 21.6. The molecule has 2 fully saturated rings. The van der Waals surface area contributed by atoms with Gasteiger partial charge < -0.3 is 9.80 Å². The maximum Gasteiger partial charge on any atom is 0.272 e. The Hall–Kier alpha value is -1.91. The quantitative estimate of drug-likeness (QED) is 0.771. The van der Waals surface area contributed by atoms with Crippen LogP contribution in [0.25, 0.3) is 0 Å². The molecule has 2 amide bonds. The summed E-state index contributed by atoms with van der Waals surface area (Å²) < 4.78 is 0. The first kappa shape index (κ1) is 13.1. The van der Waals surface area contributed by atoms with E-state index in [0.717, 1.165) is 25.8 Å². The number of aromatic nitrogens is 1. The second-order valence-electron chi connectivity index (χ2n) is 5.76. The van der Waals surface area contributed by atoms with Crippen molar-refractivity contribution in [1.29, 1.82) is 0 Å². The van der Waals surface area contributed by atoms with Gasteiger partial charge in [0.15, 0.2) is 0 Å². The van der Waals surface area contributed by atoms with E-state index in [1.54, 1.807) is 18.3 Å². The fraction of sp³-hybridized carbons (Fsp3) is 0.533. The molecule has 0 unspecified atom stereocenters. The summed E-state index contributed by atoms with van der Waals surface area (Å²) in [5.74, 6) is 0.224. The molecule has 0 N–H and O–H groups in total. The van der Waals surface area contributed by atoms with Crippen molar-refractivity contribution in [3.63, 3.8) is 0 Å². The molecule has 2 aliphatic heterocycles. The Bertz CT molecular complexity index is 521. The van der Waals surface area contributed by atoms with Gasteiger partial charge in [-0.1, -0.05) is 6.07 Å². The molecule has 0 saturated carbocycles. The first-order valence-electron chi connectivity index (χ1n) is 7.08. The van der Waals surface area contributed by atoms with Crippen LogP contribution in [0.15, 0.2) is 24.4 Å². The summed E-state index contributed by atoms with van der Waals surface area (Å²) in [5, 5.41) is 0. The molecule has 3 heterocycles. The number of amides is 2. The van der Waals surface area contributed by atoms with Crippen LogP contribution in [-0.2, 0) is 4.79 Å². The van der Waals surface area contributed by atoms with Gasteiger partial charge in [-0.05, 0) is 31.4 Å². The van der Waals surface area contributed by atoms with Crippen molar-refractivity contribution < 1.29 is 9.59 Å². The Balaban J connectivity index is 1.67. The zero-order chi connectivity index (χ0) is 14.2. The van der Waals surface area contributed by atoms with Crippen LogP contribution in [0, 0.1) is 5.41 Å². The van der Waals surface area contributed by atoms with Gasteiger partial charge in [0.2, 0.25) is 5.91 Å². The number of carbonyl (C=O) groups excluding carboxylic acids is 2. The van der Waals surface area contributed by atoms with Crippen molar-refractivity contribution >= 4 is 11.8 Å². The minimum absolute atomic E-state index is 0.0285. The molecule has 0 aliphatic carbocycles. The molecule has 0 aromatic carbocycles. The van der Waals surface area contributed by atoms with Crippen LogP contribution in [0.1, 0.15) is 29.8 Å². The van der Waals surface area contributed by atoms with E-state index in [-0.39, 0.29) is 17.2 Å². The van der Waals surface area contributed by atoms with Crippen LogP contribution >= 0.6 is 0 Å². The Kier molecular flexibility index (Phi) is 3.20. The predicted octanol–water partition coefficient (Wildman–Crippen LogP) is 1.17. The highest BCUT2D eigenvalue weighted by Gasteiger charge is 2.47. The van der Waals surface area contributed by atoms with Crippen LogP contribution in [0.3, 0.4) is 0 Å². The lowest BCUT2D eigenvalue weighted by Gasteiger charge is -2.37. The van der Waals surface area contributed by atoms with Crippen LogP contribution < -0.4 is 0 Å². The lowest BCUT2D eigenvalue weighted by Crippen LogP contribution is -2.46. The largest absolute Gasteiger partial charge is 0.345 e. The topological polar surface area (TPSA) is 53.5 Å². The Morgan fingerprint density at radius 3 is 2.45 bits per heavy atom. The molecule has 2 aliphatic rings. The average molecular weight is 273 g/mol. The highest BCUT2D eigenvalue weighted by Crippen LogP contribution is 2.41. The van der Waals surface area contributed by atoms with E-state index in [0.29, 0.717) is 18.8 Å². The van der Waals surface area contributed by atoms with Crippen LogP contribution in [0.4, 0.5) is 0 Å². The van der Waals surface area contributed by atoms with Gasteiger partial charge >= 0.3 is 0 Å². The lowest BCUT2D eigenvalue weighted by molar-refractivity contribution is -0.137. The third-order valence-electron chi connectivity index (χ3n) is 4.62. The summed E-state index contributed by atoms with van der Waals surface area (Å²) in [6.07, 6.45) is 4.10. The lowest BCUT2D eigenvalue weighted by atomic mass is 9.77. The second kappa shape index (κ2) is 4.89. The number of hydrogen-bond donors (Lipinski definition) is 0. The molecular formula is C15H19N3O2. The average Bonchev–Trinajstić information content (AvgIpc) is 2.77. The summed E-state index contributed by atoms with van der Waals surface area (Å²) in [6, 6.07) is 5.36. The number of carbonyl (C=O) groups is 2. The molecule has 1 aromatic rings. The molecule has 106 valence electrons. The number of nitrogens with zero attached hydrogens (tertiary/aromatic N) is 3. The van der Waals surface area contributed by atoms with Crippen molar-refractivity contribution in [2.24, 2.45) is 5.41 Å². The van der Waals surface area contributed by atoms with Crippen LogP contribution in [0.2, 0.25) is 0 Å². The Labute approximate surface area is 118 Å². The molecule has 1 aromatic heterocycles. The second-order valence-corrected chi connectivity index (χ2v) is 5.76. The first-order valence-corrected chi connectivity index (χ1v) is 7.08. The zero-order valence-electron chi connectivity index (χ0n) is 11.7. The van der Waals surface area contributed by atoms with Gasteiger partial charge in [-0.2, -0.15) is 0 Å². The number of hydrogen-bond acceptors (Lipinski definition) is 3. The fourth-order valence-corrected chi connectivity index (χ4v) is 3.25. The summed E-state index contributed by atoms with van der Waals surface area (Å²) in [5.41, 5.74) is 0.272. The fourth-order valence-electron chi connectivity index (χ4n) is 3.25. The van der Waals surface area contributed by atoms with E-state index < -0.39 is 0 Å². The molecule has 1 spiro atoms. The summed E-state index contributed by atoms with van der Waals surface area (Å²) in [6.45, 7) is 2.14. The van der Waals surface area contributed by atoms with Gasteiger partial charge in [0.25, 0.3) is 5.91 Å². The summed E-state index contributed by atoms with van der Waals surface area (Å²) >= 11 is 0. The predicted molar refractivity (Wildman–Crippen MR) is 74.1 cm³/mol. The number of pyridine rings is 1. The monoisotopic (exact) mass is 273 g/mol. The molecule has 0 radical (unpaired) electrons. The van der Waals surface area contributed by atoms with Crippen molar-refractivity contribution in [1.82, 2.24) is 14.8 Å². The van der Waals surface area contributed by atoms with Crippen molar-refractivity contribution in [2.75, 3.05) is 26.7 Å². The summed E-state index contributed by atoms with van der Waals surface area (Å²) in [4.78, 5) is 32.3. The van der Waals surface area contributed by atoms with E-state index in [4.69, 9.17) is 0 Å². The SMILES string of the molecule is CN1CCC2(CCN(C(=O)c3ccccn3)CC2)C1=O. The van der Waals surface area contributed by atoms with Crippen LogP contribution in [0.5, 0.6) is 0 Å². The van der Waals surface area contributed by atoms with E-state index in [9.17, 15) is 9.59 Å². The van der Waals surface area contributed by atoms with Crippen LogP contribution in [-0.4, -0.2) is 53.3 Å². The first-order chi connectivity index (χ1) is 9.62. The smallest absolute Gasteiger partial charge is 0.272 e. The van der Waals surface area contributed by atoms with Gasteiger partial charge in [-0.25, -0.2) is 0 Å². The molecule has 0 atom stereocenters. The molecule has 20 heavy (non-hydrogen) atoms. The van der Waals surface area contributed by atoms with Gasteiger partial charge in [0.1, 0.15) is 5.69 Å². The van der Waals surface area contributed by atoms with Crippen molar-refractivity contribution in [3.05, 3.63) is 30.1 Å². The van der Waals surface area contributed by atoms with E-state index >= 15 is 0 Å². The van der Waals surface area contributed by atoms with Gasteiger partial charge in [0, 0.05) is 32.9 Å². The third kappa shape index (κ3) is 2.07. The van der Waals surface area contributed by atoms with E-state index in [1.165, 1.54) is 0 Å². The third-order valence-corrected chi connectivity index (χ3v) is 4.62. The number of rotatable bonds is 1. The standard InChI is InChI=1S/C15H19N3O2/c1-17-9-5-15(14(17)20)6-10-18(11-7-15)13(19)12-4-2-3-8-16-12/h2-4,8H,5-7,9-11H2,1H3. The van der Waals surface area contributed by atoms with Gasteiger partial charge in [-0.15, -0.1) is 0 Å². The molecule has 5 nitrogen and oxygen atoms in total. The van der Waals surface area contributed by atoms with E-state index in [1.807, 2.05) is 22.9 Å².